The third kappa shape index (κ3) is 8.20. The second-order valence-electron chi connectivity index (χ2n) is 16.4. The SMILES string of the molecule is CC(C)C(=O)NS1(=O)=NC(=O)C(C)(C)OCC=C[C@H](OCCN2CCCC2)[C@@H]2CC[C@H]2CN2C[C@@]3(CCCc4cc(Cl)ccc43)COc3ccc1cc32. The highest BCUT2D eigenvalue weighted by Gasteiger charge is 2.45. The number of ether oxygens (including phenoxy) is 3. The molecule has 1 unspecified atom stereocenters. The van der Waals surface area contributed by atoms with E-state index in [1.165, 1.54) is 24.0 Å². The molecular weight excluding hydrogens is 712 g/mol. The maximum atomic E-state index is 14.9. The number of likely N-dealkylation sites (tertiary alicyclic amines) is 1. The van der Waals surface area contributed by atoms with Gasteiger partial charge in [0.1, 0.15) is 11.4 Å². The molecule has 5 atom stereocenters. The van der Waals surface area contributed by atoms with Gasteiger partial charge in [0.2, 0.25) is 5.91 Å². The number of nitrogens with zero attached hydrogens (tertiary/aromatic N) is 3. The lowest BCUT2D eigenvalue weighted by Gasteiger charge is -2.46. The van der Waals surface area contributed by atoms with Gasteiger partial charge in [-0.2, -0.15) is 0 Å². The van der Waals surface area contributed by atoms with Gasteiger partial charge in [0, 0.05) is 36.0 Å². The molecule has 2 aromatic rings. The van der Waals surface area contributed by atoms with Gasteiger partial charge in [-0.3, -0.25) is 14.3 Å². The van der Waals surface area contributed by atoms with Crippen LogP contribution in [-0.4, -0.2) is 85.2 Å². The predicted octanol–water partition coefficient (Wildman–Crippen LogP) is 6.73. The molecule has 0 aromatic heterocycles. The molecule has 288 valence electrons. The van der Waals surface area contributed by atoms with Crippen molar-refractivity contribution in [1.82, 2.24) is 9.62 Å². The summed E-state index contributed by atoms with van der Waals surface area (Å²) in [6.07, 6.45) is 11.5. The molecule has 3 aliphatic heterocycles. The zero-order valence-corrected chi connectivity index (χ0v) is 33.2. The minimum absolute atomic E-state index is 0.0955. The highest BCUT2D eigenvalue weighted by molar-refractivity contribution is 7.92. The summed E-state index contributed by atoms with van der Waals surface area (Å²) in [7, 11) is -3.76. The van der Waals surface area contributed by atoms with Crippen molar-refractivity contribution in [3.63, 3.8) is 0 Å². The molecule has 2 aromatic carbocycles. The first-order valence-corrected chi connectivity index (χ1v) is 21.3. The first-order chi connectivity index (χ1) is 25.4. The average molecular weight is 767 g/mol. The van der Waals surface area contributed by atoms with Gasteiger partial charge in [-0.25, -0.2) is 4.21 Å². The van der Waals surface area contributed by atoms with Crippen LogP contribution < -0.4 is 14.4 Å². The molecule has 1 saturated carbocycles. The Labute approximate surface area is 320 Å². The predicted molar refractivity (Wildman–Crippen MR) is 208 cm³/mol. The number of fused-ring (bicyclic) bond motifs is 4. The smallest absolute Gasteiger partial charge is 0.287 e. The van der Waals surface area contributed by atoms with Crippen molar-refractivity contribution in [1.29, 1.82) is 0 Å². The van der Waals surface area contributed by atoms with Crippen LogP contribution in [-0.2, 0) is 40.8 Å². The molecule has 2 bridgehead atoms. The lowest BCUT2D eigenvalue weighted by molar-refractivity contribution is -0.137. The summed E-state index contributed by atoms with van der Waals surface area (Å²) in [5.41, 5.74) is 1.61. The number of aryl methyl sites for hydroxylation is 1. The molecule has 12 heteroatoms. The number of amides is 2. The lowest BCUT2D eigenvalue weighted by atomic mass is 9.68. The highest BCUT2D eigenvalue weighted by Crippen LogP contribution is 2.47. The molecule has 2 fully saturated rings. The molecule has 1 saturated heterocycles. The largest absolute Gasteiger partial charge is 0.490 e. The van der Waals surface area contributed by atoms with Gasteiger partial charge in [-0.05, 0) is 125 Å². The Kier molecular flexibility index (Phi) is 11.3. The molecule has 10 nitrogen and oxygen atoms in total. The van der Waals surface area contributed by atoms with Crippen LogP contribution in [0.4, 0.5) is 5.69 Å². The van der Waals surface area contributed by atoms with Gasteiger partial charge in [-0.1, -0.05) is 43.7 Å². The second-order valence-corrected chi connectivity index (χ2v) is 18.8. The van der Waals surface area contributed by atoms with Crippen LogP contribution in [0.1, 0.15) is 77.3 Å². The Bertz CT molecular complexity index is 1850. The van der Waals surface area contributed by atoms with Crippen molar-refractivity contribution in [3.8, 4) is 5.75 Å². The monoisotopic (exact) mass is 766 g/mol. The molecule has 1 spiro atoms. The van der Waals surface area contributed by atoms with E-state index >= 15 is 0 Å². The average Bonchev–Trinajstić information content (AvgIpc) is 3.58. The highest BCUT2D eigenvalue weighted by atomic mass is 35.5. The topological polar surface area (TPSA) is 110 Å². The first kappa shape index (κ1) is 38.3. The van der Waals surface area contributed by atoms with Gasteiger partial charge in [0.25, 0.3) is 5.91 Å². The van der Waals surface area contributed by atoms with E-state index in [0.717, 1.165) is 69.0 Å². The Hall–Kier alpha value is -2.96. The van der Waals surface area contributed by atoms with E-state index in [1.54, 1.807) is 33.8 Å². The number of halogens is 1. The van der Waals surface area contributed by atoms with Gasteiger partial charge >= 0.3 is 0 Å². The zero-order chi connectivity index (χ0) is 37.4. The summed E-state index contributed by atoms with van der Waals surface area (Å²) in [4.78, 5) is 32.1. The summed E-state index contributed by atoms with van der Waals surface area (Å²) >= 11 is 6.50. The van der Waals surface area contributed by atoms with Gasteiger partial charge in [0.05, 0.1) is 36.5 Å². The number of hydrogen-bond acceptors (Lipinski definition) is 8. The molecule has 0 radical (unpaired) electrons. The number of benzene rings is 2. The van der Waals surface area contributed by atoms with Crippen LogP contribution in [0, 0.1) is 17.8 Å². The third-order valence-corrected chi connectivity index (χ3v) is 14.0. The standard InChI is InChI=1S/C41H55ClN4O6S/c1-28(2)38(47)43-53(49)32-13-16-37-35(24-32)46(26-41(27-51-37)17-7-9-29-23-31(42)12-15-34(29)41)25-30-11-14-33(30)36(50-22-20-45-18-5-6-19-45)10-8-21-52-40(3,4)39(48)44-53/h8,10,12-13,15-16,23-24,28,30,33,36H,5-7,9,11,14,17-22,25-27H2,1-4H3,(H,43,44,47,48,49)/t30-,33+,36-,41-,53?/m0/s1. The van der Waals surface area contributed by atoms with Crippen molar-refractivity contribution < 1.29 is 28.0 Å². The van der Waals surface area contributed by atoms with Crippen molar-refractivity contribution in [2.24, 2.45) is 22.1 Å². The zero-order valence-electron chi connectivity index (χ0n) is 31.6. The van der Waals surface area contributed by atoms with Crippen LogP contribution in [0.15, 0.2) is 57.8 Å². The fourth-order valence-corrected chi connectivity index (χ4v) is 10.5. The van der Waals surface area contributed by atoms with E-state index in [1.807, 2.05) is 24.3 Å². The lowest BCUT2D eigenvalue weighted by Crippen LogP contribution is -2.50. The quantitative estimate of drug-likeness (QED) is 0.323. The summed E-state index contributed by atoms with van der Waals surface area (Å²) in [5.74, 6) is -0.359. The Morgan fingerprint density at radius 1 is 1.13 bits per heavy atom. The van der Waals surface area contributed by atoms with Gasteiger partial charge < -0.3 is 24.0 Å². The van der Waals surface area contributed by atoms with Crippen LogP contribution in [0.2, 0.25) is 5.02 Å². The van der Waals surface area contributed by atoms with Crippen LogP contribution in [0.25, 0.3) is 0 Å². The maximum Gasteiger partial charge on any atom is 0.287 e. The molecule has 1 N–H and O–H groups in total. The van der Waals surface area contributed by atoms with Crippen LogP contribution >= 0.6 is 11.6 Å². The van der Waals surface area contributed by atoms with E-state index in [2.05, 4.69) is 37.1 Å². The molecule has 2 amide bonds. The van der Waals surface area contributed by atoms with E-state index in [-0.39, 0.29) is 23.0 Å². The number of carbonyl (C=O) groups is 2. The molecule has 2 aliphatic carbocycles. The van der Waals surface area contributed by atoms with Crippen molar-refractivity contribution in [3.05, 3.63) is 64.7 Å². The summed E-state index contributed by atoms with van der Waals surface area (Å²) < 4.78 is 41.3. The van der Waals surface area contributed by atoms with E-state index < -0.39 is 33.2 Å². The maximum absolute atomic E-state index is 14.9. The summed E-state index contributed by atoms with van der Waals surface area (Å²) in [5, 5.41) is 0.736. The van der Waals surface area contributed by atoms with Gasteiger partial charge in [0.15, 0.2) is 9.92 Å². The molecule has 3 heterocycles. The normalized spacial score (nSPS) is 30.1. The third-order valence-electron chi connectivity index (χ3n) is 12.0. The summed E-state index contributed by atoms with van der Waals surface area (Å²) in [6, 6.07) is 11.5. The number of anilines is 1. The number of nitrogens with one attached hydrogen (secondary N) is 1. The number of carbonyl (C=O) groups excluding carboxylic acids is 2. The van der Waals surface area contributed by atoms with E-state index in [9.17, 15) is 13.8 Å². The Balaban J connectivity index is 1.31. The van der Waals surface area contributed by atoms with E-state index in [0.29, 0.717) is 37.3 Å². The van der Waals surface area contributed by atoms with Crippen LogP contribution in [0.5, 0.6) is 5.75 Å². The summed E-state index contributed by atoms with van der Waals surface area (Å²) in [6.45, 7) is 12.6. The second kappa shape index (κ2) is 15.6. The minimum Gasteiger partial charge on any atom is -0.490 e. The van der Waals surface area contributed by atoms with E-state index in [4.69, 9.17) is 25.8 Å². The minimum atomic E-state index is -3.76. The van der Waals surface area contributed by atoms with Crippen molar-refractivity contribution >= 4 is 39.0 Å². The molecule has 5 aliphatic rings. The van der Waals surface area contributed by atoms with Crippen molar-refractivity contribution in [2.45, 2.75) is 94.7 Å². The van der Waals surface area contributed by atoms with Crippen molar-refractivity contribution in [2.75, 3.05) is 57.4 Å². The molecule has 7 rings (SSSR count). The number of hydrogen-bond donors (Lipinski definition) is 1. The fraction of sp³-hybridized carbons (Fsp3) is 0.610. The van der Waals surface area contributed by atoms with Crippen LogP contribution in [0.3, 0.4) is 0 Å². The Morgan fingerprint density at radius 3 is 2.70 bits per heavy atom. The number of rotatable bonds is 6. The van der Waals surface area contributed by atoms with Gasteiger partial charge in [-0.15, -0.1) is 4.36 Å². The molecule has 53 heavy (non-hydrogen) atoms. The Morgan fingerprint density at radius 2 is 1.94 bits per heavy atom. The first-order valence-electron chi connectivity index (χ1n) is 19.4. The molecular formula is C41H55ClN4O6S. The fourth-order valence-electron chi connectivity index (χ4n) is 8.57.